The number of hydrogen-bond donors (Lipinski definition) is 2. The van der Waals surface area contributed by atoms with Gasteiger partial charge in [-0.15, -0.1) is 11.3 Å². The summed E-state index contributed by atoms with van der Waals surface area (Å²) in [6, 6.07) is 1.91. The minimum Gasteiger partial charge on any atom is -0.395 e. The molecule has 0 saturated heterocycles. The Morgan fingerprint density at radius 2 is 1.94 bits per heavy atom. The highest BCUT2D eigenvalue weighted by Crippen LogP contribution is 2.23. The first-order valence-electron chi connectivity index (χ1n) is 5.74. The molecule has 1 aromatic heterocycles. The van der Waals surface area contributed by atoms with Crippen LogP contribution in [0.4, 0.5) is 0 Å². The van der Waals surface area contributed by atoms with Crippen molar-refractivity contribution in [3.05, 3.63) is 21.4 Å². The van der Waals surface area contributed by atoms with Crippen molar-refractivity contribution in [2.75, 3.05) is 26.3 Å². The monoisotopic (exact) mass is 257 g/mol. The molecular weight excluding hydrogens is 238 g/mol. The van der Waals surface area contributed by atoms with Crippen LogP contribution in [0.5, 0.6) is 0 Å². The number of thiophene rings is 1. The SMILES string of the molecule is CCc1cc(C(=O)N(CCO)CCO)sc1C. The molecule has 0 atom stereocenters. The van der Waals surface area contributed by atoms with Gasteiger partial charge in [0.2, 0.25) is 0 Å². The van der Waals surface area contributed by atoms with E-state index in [1.165, 1.54) is 21.8 Å². The topological polar surface area (TPSA) is 60.8 Å². The molecule has 0 bridgehead atoms. The molecule has 0 unspecified atom stereocenters. The molecule has 17 heavy (non-hydrogen) atoms. The Kier molecular flexibility index (Phi) is 5.61. The first kappa shape index (κ1) is 14.2. The van der Waals surface area contributed by atoms with Crippen molar-refractivity contribution in [2.45, 2.75) is 20.3 Å². The van der Waals surface area contributed by atoms with E-state index in [4.69, 9.17) is 10.2 Å². The van der Waals surface area contributed by atoms with E-state index >= 15 is 0 Å². The molecule has 0 aliphatic heterocycles. The van der Waals surface area contributed by atoms with Crippen molar-refractivity contribution in [3.8, 4) is 0 Å². The molecule has 0 aliphatic carbocycles. The third-order valence-corrected chi connectivity index (χ3v) is 3.72. The van der Waals surface area contributed by atoms with E-state index in [-0.39, 0.29) is 32.2 Å². The molecule has 1 rings (SSSR count). The normalized spacial score (nSPS) is 10.6. The second-order valence-corrected chi connectivity index (χ2v) is 5.04. The summed E-state index contributed by atoms with van der Waals surface area (Å²) in [5.74, 6) is -0.110. The molecular formula is C12H19NO3S. The van der Waals surface area contributed by atoms with Gasteiger partial charge >= 0.3 is 0 Å². The Hall–Kier alpha value is -0.910. The van der Waals surface area contributed by atoms with Crippen molar-refractivity contribution in [1.82, 2.24) is 4.90 Å². The van der Waals surface area contributed by atoms with Crippen LogP contribution >= 0.6 is 11.3 Å². The number of rotatable bonds is 6. The van der Waals surface area contributed by atoms with Crippen LogP contribution in [0.2, 0.25) is 0 Å². The molecule has 5 heteroatoms. The molecule has 0 aromatic carbocycles. The van der Waals surface area contributed by atoms with Crippen molar-refractivity contribution < 1.29 is 15.0 Å². The van der Waals surface area contributed by atoms with Gasteiger partial charge in [0, 0.05) is 18.0 Å². The minimum absolute atomic E-state index is 0.0866. The molecule has 4 nitrogen and oxygen atoms in total. The molecule has 1 aromatic rings. The van der Waals surface area contributed by atoms with Crippen LogP contribution in [0.1, 0.15) is 27.0 Å². The average Bonchev–Trinajstić information content (AvgIpc) is 2.69. The highest BCUT2D eigenvalue weighted by Gasteiger charge is 2.17. The molecule has 0 fully saturated rings. The molecule has 2 N–H and O–H groups in total. The van der Waals surface area contributed by atoms with Crippen molar-refractivity contribution in [3.63, 3.8) is 0 Å². The van der Waals surface area contributed by atoms with Gasteiger partial charge in [0.15, 0.2) is 0 Å². The van der Waals surface area contributed by atoms with E-state index < -0.39 is 0 Å². The summed E-state index contributed by atoms with van der Waals surface area (Å²) in [4.78, 5) is 15.4. The Morgan fingerprint density at radius 1 is 1.35 bits per heavy atom. The number of nitrogens with zero attached hydrogens (tertiary/aromatic N) is 1. The van der Waals surface area contributed by atoms with E-state index in [0.717, 1.165) is 11.3 Å². The van der Waals surface area contributed by atoms with Gasteiger partial charge in [0.1, 0.15) is 0 Å². The quantitative estimate of drug-likeness (QED) is 0.800. The van der Waals surface area contributed by atoms with Crippen LogP contribution in [0.25, 0.3) is 0 Å². The van der Waals surface area contributed by atoms with Crippen molar-refractivity contribution >= 4 is 17.2 Å². The summed E-state index contributed by atoms with van der Waals surface area (Å²) in [5.41, 5.74) is 1.19. The molecule has 0 aliphatic rings. The first-order chi connectivity index (χ1) is 8.13. The highest BCUT2D eigenvalue weighted by atomic mass is 32.1. The van der Waals surface area contributed by atoms with Crippen molar-refractivity contribution in [2.24, 2.45) is 0 Å². The van der Waals surface area contributed by atoms with Gasteiger partial charge in [-0.25, -0.2) is 0 Å². The molecule has 1 heterocycles. The van der Waals surface area contributed by atoms with Crippen LogP contribution in [0.3, 0.4) is 0 Å². The van der Waals surface area contributed by atoms with Gasteiger partial charge < -0.3 is 15.1 Å². The average molecular weight is 257 g/mol. The molecule has 0 radical (unpaired) electrons. The summed E-state index contributed by atoms with van der Waals surface area (Å²) >= 11 is 1.47. The Labute approximate surface area is 106 Å². The standard InChI is InChI=1S/C12H19NO3S/c1-3-10-8-11(17-9(10)2)12(16)13(4-6-14)5-7-15/h8,14-15H,3-7H2,1-2H3. The maximum Gasteiger partial charge on any atom is 0.264 e. The second kappa shape index (κ2) is 6.74. The summed E-state index contributed by atoms with van der Waals surface area (Å²) in [5, 5.41) is 17.8. The zero-order valence-corrected chi connectivity index (χ0v) is 11.1. The molecule has 96 valence electrons. The number of hydrogen-bond acceptors (Lipinski definition) is 4. The predicted octanol–water partition coefficient (Wildman–Crippen LogP) is 1.05. The fraction of sp³-hybridized carbons (Fsp3) is 0.583. The van der Waals surface area contributed by atoms with Gasteiger partial charge in [-0.1, -0.05) is 6.92 Å². The van der Waals surface area contributed by atoms with Gasteiger partial charge in [-0.3, -0.25) is 4.79 Å². The summed E-state index contributed by atoms with van der Waals surface area (Å²) in [6.07, 6.45) is 0.912. The largest absolute Gasteiger partial charge is 0.395 e. The van der Waals surface area contributed by atoms with Gasteiger partial charge in [0.05, 0.1) is 18.1 Å². The fourth-order valence-corrected chi connectivity index (χ4v) is 2.77. The van der Waals surface area contributed by atoms with Crippen molar-refractivity contribution in [1.29, 1.82) is 0 Å². The number of carbonyl (C=O) groups is 1. The fourth-order valence-electron chi connectivity index (χ4n) is 1.69. The van der Waals surface area contributed by atoms with Crippen LogP contribution < -0.4 is 0 Å². The van der Waals surface area contributed by atoms with Gasteiger partial charge in [-0.2, -0.15) is 0 Å². The third-order valence-electron chi connectivity index (χ3n) is 2.64. The van der Waals surface area contributed by atoms with Gasteiger partial charge in [0.25, 0.3) is 5.91 Å². The van der Waals surface area contributed by atoms with E-state index in [1.54, 1.807) is 0 Å². The summed E-state index contributed by atoms with van der Waals surface area (Å²) in [7, 11) is 0. The number of carbonyl (C=O) groups excluding carboxylic acids is 1. The van der Waals surface area contributed by atoms with Gasteiger partial charge in [-0.05, 0) is 25.0 Å². The summed E-state index contributed by atoms with van der Waals surface area (Å²) < 4.78 is 0. The lowest BCUT2D eigenvalue weighted by Gasteiger charge is -2.19. The van der Waals surface area contributed by atoms with Crippen LogP contribution in [-0.2, 0) is 6.42 Å². The summed E-state index contributed by atoms with van der Waals surface area (Å²) in [6.45, 7) is 4.41. The third kappa shape index (κ3) is 3.52. The van der Waals surface area contributed by atoms with Crippen LogP contribution in [0, 0.1) is 6.92 Å². The van der Waals surface area contributed by atoms with E-state index in [1.807, 2.05) is 13.0 Å². The van der Waals surface area contributed by atoms with E-state index in [2.05, 4.69) is 6.92 Å². The molecule has 0 spiro atoms. The smallest absolute Gasteiger partial charge is 0.264 e. The number of amides is 1. The Bertz CT molecular complexity index is 370. The zero-order valence-electron chi connectivity index (χ0n) is 10.3. The van der Waals surface area contributed by atoms with Crippen LogP contribution in [-0.4, -0.2) is 47.3 Å². The maximum absolute atomic E-state index is 12.1. The Balaban J connectivity index is 2.84. The van der Waals surface area contributed by atoms with Crippen LogP contribution in [0.15, 0.2) is 6.07 Å². The highest BCUT2D eigenvalue weighted by molar-refractivity contribution is 7.14. The second-order valence-electron chi connectivity index (χ2n) is 3.79. The lowest BCUT2D eigenvalue weighted by molar-refractivity contribution is 0.0689. The predicted molar refractivity (Wildman–Crippen MR) is 68.5 cm³/mol. The maximum atomic E-state index is 12.1. The first-order valence-corrected chi connectivity index (χ1v) is 6.56. The molecule has 1 amide bonds. The molecule has 0 saturated carbocycles. The lowest BCUT2D eigenvalue weighted by Crippen LogP contribution is -2.35. The number of aliphatic hydroxyl groups is 2. The lowest BCUT2D eigenvalue weighted by atomic mass is 10.2. The minimum atomic E-state index is -0.110. The zero-order chi connectivity index (χ0) is 12.8. The van der Waals surface area contributed by atoms with E-state index in [9.17, 15) is 4.79 Å². The number of aryl methyl sites for hydroxylation is 2. The number of aliphatic hydroxyl groups excluding tert-OH is 2. The Morgan fingerprint density at radius 3 is 2.35 bits per heavy atom. The van der Waals surface area contributed by atoms with E-state index in [0.29, 0.717) is 4.88 Å².